The van der Waals surface area contributed by atoms with Crippen molar-refractivity contribution in [3.63, 3.8) is 0 Å². The van der Waals surface area contributed by atoms with E-state index in [9.17, 15) is 4.79 Å². The Morgan fingerprint density at radius 3 is 1.90 bits per heavy atom. The maximum atomic E-state index is 10.1. The minimum atomic E-state index is 0.944. The van der Waals surface area contributed by atoms with E-state index in [1.54, 1.807) is 0 Å². The van der Waals surface area contributed by atoms with E-state index in [-0.39, 0.29) is 0 Å². The maximum Gasteiger partial charge on any atom is 0.209 e. The van der Waals surface area contributed by atoms with Crippen molar-refractivity contribution >= 4 is 13.2 Å². The molecule has 0 unspecified atom stereocenters. The smallest absolute Gasteiger partial charge is 0.209 e. The van der Waals surface area contributed by atoms with E-state index < -0.39 is 0 Å². The van der Waals surface area contributed by atoms with Crippen molar-refractivity contribution in [2.24, 2.45) is 0 Å². The van der Waals surface area contributed by atoms with Crippen LogP contribution in [-0.2, 0) is 9.59 Å². The molecule has 1 heterocycles. The molecule has 0 aliphatic carbocycles. The second-order valence-corrected chi connectivity index (χ2v) is 2.20. The summed E-state index contributed by atoms with van der Waals surface area (Å²) in [6.45, 7) is 5.20. The van der Waals surface area contributed by atoms with E-state index in [1.165, 1.54) is 19.3 Å². The molecule has 0 saturated carbocycles. The molecule has 0 atom stereocenters. The molecule has 1 rings (SSSR count). The zero-order valence-corrected chi connectivity index (χ0v) is 5.95. The van der Waals surface area contributed by atoms with Crippen molar-refractivity contribution in [1.29, 1.82) is 0 Å². The summed E-state index contributed by atoms with van der Waals surface area (Å²) >= 11 is 0. The Labute approximate surface area is 61.0 Å². The molecule has 1 amide bonds. The van der Waals surface area contributed by atoms with Gasteiger partial charge in [-0.2, -0.15) is 0 Å². The normalized spacial score (nSPS) is 17.0. The predicted octanol–water partition coefficient (Wildman–Crippen LogP) is 0.355. The summed E-state index contributed by atoms with van der Waals surface area (Å²) < 4.78 is 0. The number of piperidine rings is 1. The molecule has 0 bridgehead atoms. The monoisotopic (exact) mass is 142 g/mol. The Balaban J connectivity index is 0.000000371. The molecule has 0 aromatic rings. The number of nitrogens with zero attached hydrogens (tertiary/aromatic N) is 1. The zero-order valence-electron chi connectivity index (χ0n) is 5.95. The summed E-state index contributed by atoms with van der Waals surface area (Å²) in [4.78, 5) is 19.7. The molecule has 0 spiro atoms. The lowest BCUT2D eigenvalue weighted by atomic mass is 10.1. The predicted molar refractivity (Wildman–Crippen MR) is 38.2 cm³/mol. The van der Waals surface area contributed by atoms with Crippen LogP contribution in [0.25, 0.3) is 0 Å². The number of hydrogen-bond acceptors (Lipinski definition) is 2. The van der Waals surface area contributed by atoms with Gasteiger partial charge in [0.2, 0.25) is 6.41 Å². The first-order chi connectivity index (χ1) is 4.93. The Morgan fingerprint density at radius 1 is 1.10 bits per heavy atom. The Bertz CT molecular complexity index is 89.6. The highest BCUT2D eigenvalue weighted by molar-refractivity contribution is 5.46. The highest BCUT2D eigenvalue weighted by Crippen LogP contribution is 2.05. The van der Waals surface area contributed by atoms with Gasteiger partial charge in [0.25, 0.3) is 0 Å². The van der Waals surface area contributed by atoms with Crippen molar-refractivity contribution in [2.45, 2.75) is 19.3 Å². The second-order valence-electron chi connectivity index (χ2n) is 2.20. The average Bonchev–Trinajstić information content (AvgIpc) is 2.10. The summed E-state index contributed by atoms with van der Waals surface area (Å²) in [5.74, 6) is 0. The molecule has 1 fully saturated rings. The van der Waals surface area contributed by atoms with E-state index in [0.29, 0.717) is 0 Å². The van der Waals surface area contributed by atoms with E-state index in [2.05, 4.69) is 6.79 Å². The number of carbonyl (C=O) groups excluding carboxylic acids is 2. The van der Waals surface area contributed by atoms with Gasteiger partial charge in [-0.05, 0) is 19.3 Å². The minimum Gasteiger partial charge on any atom is -0.345 e. The van der Waals surface area contributed by atoms with Crippen LogP contribution in [0.4, 0.5) is 0 Å². The largest absolute Gasteiger partial charge is 0.345 e. The third-order valence-electron chi connectivity index (χ3n) is 1.54. The van der Waals surface area contributed by atoms with Gasteiger partial charge in [-0.3, -0.25) is 9.59 Å². The summed E-state index contributed by atoms with van der Waals surface area (Å²) in [5, 5.41) is 0. The Hall–Kier alpha value is -0.860. The topological polar surface area (TPSA) is 37.4 Å². The molecule has 1 radical (unpaired) electrons. The van der Waals surface area contributed by atoms with Gasteiger partial charge in [-0.25, -0.2) is 0 Å². The van der Waals surface area contributed by atoms with Crippen LogP contribution in [-0.4, -0.2) is 31.2 Å². The van der Waals surface area contributed by atoms with E-state index in [1.807, 2.05) is 4.90 Å². The fraction of sp³-hybridized carbons (Fsp3) is 0.714. The lowest BCUT2D eigenvalue weighted by molar-refractivity contribution is -0.118. The van der Waals surface area contributed by atoms with Gasteiger partial charge in [-0.15, -0.1) is 0 Å². The van der Waals surface area contributed by atoms with Crippen molar-refractivity contribution in [1.82, 2.24) is 4.90 Å². The van der Waals surface area contributed by atoms with E-state index in [0.717, 1.165) is 19.5 Å². The Morgan fingerprint density at radius 2 is 1.60 bits per heavy atom. The van der Waals surface area contributed by atoms with Crippen molar-refractivity contribution in [3.05, 3.63) is 0 Å². The van der Waals surface area contributed by atoms with Gasteiger partial charge in [-0.1, -0.05) is 0 Å². The standard InChI is InChI=1S/C6H11NO.CHO/c8-6-7-4-2-1-3-5-7;1-2/h6H,1-5H2;1H. The summed E-state index contributed by atoms with van der Waals surface area (Å²) in [7, 11) is 0. The van der Waals surface area contributed by atoms with Crippen molar-refractivity contribution in [2.75, 3.05) is 13.1 Å². The molecule has 3 heteroatoms. The van der Waals surface area contributed by atoms with E-state index in [4.69, 9.17) is 4.79 Å². The van der Waals surface area contributed by atoms with Crippen LogP contribution in [0, 0.1) is 0 Å². The van der Waals surface area contributed by atoms with Gasteiger partial charge >= 0.3 is 0 Å². The summed E-state index contributed by atoms with van der Waals surface area (Å²) in [6.07, 6.45) is 4.63. The van der Waals surface area contributed by atoms with Crippen molar-refractivity contribution in [3.8, 4) is 0 Å². The molecular formula is C7H12NO2. The second kappa shape index (κ2) is 6.26. The fourth-order valence-corrected chi connectivity index (χ4v) is 1.02. The Kier molecular flexibility index (Phi) is 5.72. The molecule has 1 aliphatic heterocycles. The third kappa shape index (κ3) is 3.22. The van der Waals surface area contributed by atoms with Gasteiger partial charge in [0.1, 0.15) is 0 Å². The van der Waals surface area contributed by atoms with Gasteiger partial charge < -0.3 is 4.90 Å². The molecule has 3 nitrogen and oxygen atoms in total. The number of likely N-dealkylation sites (tertiary alicyclic amines) is 1. The van der Waals surface area contributed by atoms with Crippen LogP contribution in [0.2, 0.25) is 0 Å². The first kappa shape index (κ1) is 9.14. The van der Waals surface area contributed by atoms with Crippen molar-refractivity contribution < 1.29 is 9.59 Å². The van der Waals surface area contributed by atoms with Gasteiger partial charge in [0.05, 0.1) is 0 Å². The molecule has 10 heavy (non-hydrogen) atoms. The van der Waals surface area contributed by atoms with Crippen LogP contribution < -0.4 is 0 Å². The first-order valence-electron chi connectivity index (χ1n) is 3.36. The molecule has 57 valence electrons. The average molecular weight is 142 g/mol. The number of carbonyl (C=O) groups is 1. The first-order valence-corrected chi connectivity index (χ1v) is 3.36. The molecule has 0 N–H and O–H groups in total. The molecule has 1 aliphatic rings. The zero-order chi connectivity index (χ0) is 7.82. The van der Waals surface area contributed by atoms with Crippen LogP contribution in [0.15, 0.2) is 0 Å². The van der Waals surface area contributed by atoms with Crippen LogP contribution in [0.5, 0.6) is 0 Å². The van der Waals surface area contributed by atoms with E-state index >= 15 is 0 Å². The molecule has 0 aromatic heterocycles. The van der Waals surface area contributed by atoms with Crippen LogP contribution >= 0.6 is 0 Å². The summed E-state index contributed by atoms with van der Waals surface area (Å²) in [5.41, 5.74) is 0. The minimum absolute atomic E-state index is 0.944. The lowest BCUT2D eigenvalue weighted by Gasteiger charge is -2.21. The summed E-state index contributed by atoms with van der Waals surface area (Å²) in [6, 6.07) is 0. The number of amides is 1. The maximum absolute atomic E-state index is 10.1. The van der Waals surface area contributed by atoms with Gasteiger partial charge in [0, 0.05) is 13.1 Å². The molecular weight excluding hydrogens is 130 g/mol. The number of hydrogen-bond donors (Lipinski definition) is 0. The highest BCUT2D eigenvalue weighted by atomic mass is 16.1. The van der Waals surface area contributed by atoms with Crippen LogP contribution in [0.1, 0.15) is 19.3 Å². The fourth-order valence-electron chi connectivity index (χ4n) is 1.02. The van der Waals surface area contributed by atoms with Gasteiger partial charge in [0.15, 0.2) is 6.79 Å². The molecule has 0 aromatic carbocycles. The number of rotatable bonds is 1. The lowest BCUT2D eigenvalue weighted by Crippen LogP contribution is -2.27. The third-order valence-corrected chi connectivity index (χ3v) is 1.54. The highest BCUT2D eigenvalue weighted by Gasteiger charge is 2.05. The molecule has 1 saturated heterocycles. The van der Waals surface area contributed by atoms with Crippen LogP contribution in [0.3, 0.4) is 0 Å². The SMILES string of the molecule is O=CN1CCCCC1.[CH]=O. The quantitative estimate of drug-likeness (QED) is 0.495.